The first kappa shape index (κ1) is 32.6. The van der Waals surface area contributed by atoms with Crippen LogP contribution in [0.25, 0.3) is 0 Å². The maximum atomic E-state index is 13.9. The van der Waals surface area contributed by atoms with Crippen LogP contribution in [0.15, 0.2) is 78.9 Å². The largest absolute Gasteiger partial charge is 0.495 e. The van der Waals surface area contributed by atoms with Gasteiger partial charge in [-0.05, 0) is 55.2 Å². The van der Waals surface area contributed by atoms with Crippen LogP contribution in [-0.2, 0) is 32.6 Å². The number of nitrogens with one attached hydrogen (secondary N) is 1. The highest BCUT2D eigenvalue weighted by atomic mass is 32.2. The smallest absolute Gasteiger partial charge is 0.243 e. The molecular weight excluding hydrogens is 557 g/mol. The third kappa shape index (κ3) is 9.30. The van der Waals surface area contributed by atoms with Gasteiger partial charge in [0.15, 0.2) is 0 Å². The molecule has 0 saturated heterocycles. The lowest BCUT2D eigenvalue weighted by atomic mass is 10.0. The highest BCUT2D eigenvalue weighted by Crippen LogP contribution is 2.30. The van der Waals surface area contributed by atoms with Crippen molar-refractivity contribution in [1.82, 2.24) is 10.2 Å². The zero-order valence-electron chi connectivity index (χ0n) is 24.6. The number of rotatable bonds is 15. The van der Waals surface area contributed by atoms with Gasteiger partial charge in [-0.3, -0.25) is 13.9 Å². The predicted molar refractivity (Wildman–Crippen MR) is 163 cm³/mol. The molecule has 42 heavy (non-hydrogen) atoms. The van der Waals surface area contributed by atoms with Crippen LogP contribution in [0.1, 0.15) is 44.2 Å². The van der Waals surface area contributed by atoms with Gasteiger partial charge in [-0.1, -0.05) is 61.5 Å². The quantitative estimate of drug-likeness (QED) is 0.268. The summed E-state index contributed by atoms with van der Waals surface area (Å²) in [4.78, 5) is 29.0. The first-order valence-corrected chi connectivity index (χ1v) is 15.9. The molecule has 0 saturated carbocycles. The van der Waals surface area contributed by atoms with E-state index in [2.05, 4.69) is 5.32 Å². The average Bonchev–Trinajstić information content (AvgIpc) is 2.97. The molecule has 0 aromatic heterocycles. The number of sulfonamides is 1. The van der Waals surface area contributed by atoms with Crippen LogP contribution in [0.4, 0.5) is 10.1 Å². The van der Waals surface area contributed by atoms with Crippen molar-refractivity contribution in [3.8, 4) is 5.75 Å². The molecule has 0 aliphatic carbocycles. The Hall–Kier alpha value is -3.92. The molecule has 1 N–H and O–H groups in total. The molecule has 0 spiro atoms. The summed E-state index contributed by atoms with van der Waals surface area (Å²) in [5.74, 6) is -0.593. The number of nitrogens with zero attached hydrogens (tertiary/aromatic N) is 2. The van der Waals surface area contributed by atoms with E-state index in [1.807, 2.05) is 44.2 Å². The topological polar surface area (TPSA) is 96.0 Å². The van der Waals surface area contributed by atoms with Gasteiger partial charge in [0.1, 0.15) is 17.6 Å². The number of ether oxygens (including phenoxy) is 1. The van der Waals surface area contributed by atoms with Gasteiger partial charge in [0.05, 0.1) is 19.1 Å². The fourth-order valence-electron chi connectivity index (χ4n) is 4.60. The van der Waals surface area contributed by atoms with Gasteiger partial charge in [0, 0.05) is 32.0 Å². The van der Waals surface area contributed by atoms with Crippen molar-refractivity contribution >= 4 is 27.5 Å². The molecule has 0 fully saturated rings. The average molecular weight is 598 g/mol. The fourth-order valence-corrected chi connectivity index (χ4v) is 5.57. The number of halogens is 1. The summed E-state index contributed by atoms with van der Waals surface area (Å²) in [6.07, 6.45) is 2.31. The molecule has 10 heteroatoms. The highest BCUT2D eigenvalue weighted by molar-refractivity contribution is 7.92. The zero-order chi connectivity index (χ0) is 30.7. The number of methoxy groups -OCH3 is 1. The van der Waals surface area contributed by atoms with E-state index in [1.54, 1.807) is 36.4 Å². The Morgan fingerprint density at radius 2 is 1.60 bits per heavy atom. The predicted octanol–water partition coefficient (Wildman–Crippen LogP) is 4.94. The van der Waals surface area contributed by atoms with Gasteiger partial charge in [0.25, 0.3) is 0 Å². The third-order valence-electron chi connectivity index (χ3n) is 7.04. The van der Waals surface area contributed by atoms with Gasteiger partial charge >= 0.3 is 0 Å². The number of amides is 2. The van der Waals surface area contributed by atoms with Crippen LogP contribution in [0.2, 0.25) is 0 Å². The summed E-state index contributed by atoms with van der Waals surface area (Å²) in [6.45, 7) is 4.00. The minimum atomic E-state index is -3.68. The van der Waals surface area contributed by atoms with Crippen molar-refractivity contribution in [3.63, 3.8) is 0 Å². The van der Waals surface area contributed by atoms with Gasteiger partial charge in [-0.15, -0.1) is 0 Å². The van der Waals surface area contributed by atoms with E-state index in [4.69, 9.17) is 4.74 Å². The first-order chi connectivity index (χ1) is 20.0. The Morgan fingerprint density at radius 1 is 0.952 bits per heavy atom. The van der Waals surface area contributed by atoms with E-state index in [0.29, 0.717) is 17.0 Å². The van der Waals surface area contributed by atoms with Gasteiger partial charge in [-0.2, -0.15) is 0 Å². The molecule has 3 aromatic carbocycles. The second-order valence-corrected chi connectivity index (χ2v) is 12.2. The SMILES string of the molecule is CC[C@H](C)NC(=O)[C@@H](Cc1ccccc1)N(Cc1ccc(F)cc1)C(=O)CCCN(c1ccccc1OC)S(C)(=O)=O. The highest BCUT2D eigenvalue weighted by Gasteiger charge is 2.31. The summed E-state index contributed by atoms with van der Waals surface area (Å²) in [5.41, 5.74) is 1.94. The van der Waals surface area contributed by atoms with Crippen molar-refractivity contribution in [2.24, 2.45) is 0 Å². The lowest BCUT2D eigenvalue weighted by Gasteiger charge is -2.32. The van der Waals surface area contributed by atoms with Crippen molar-refractivity contribution < 1.29 is 27.1 Å². The van der Waals surface area contributed by atoms with E-state index in [-0.39, 0.29) is 50.2 Å². The van der Waals surface area contributed by atoms with E-state index in [9.17, 15) is 22.4 Å². The number of benzene rings is 3. The standard InChI is InChI=1S/C32H40FN3O5S/c1-5-24(2)34-32(38)29(22-25-12-7-6-8-13-25)35(23-26-17-19-27(33)20-18-26)31(37)16-11-21-36(42(4,39)40)28-14-9-10-15-30(28)41-3/h6-10,12-15,17-20,24,29H,5,11,16,21-23H2,1-4H3,(H,34,38)/t24-,29+/m0/s1. The maximum absolute atomic E-state index is 13.9. The van der Waals surface area contributed by atoms with Gasteiger partial charge < -0.3 is 15.0 Å². The maximum Gasteiger partial charge on any atom is 0.243 e. The molecule has 0 heterocycles. The lowest BCUT2D eigenvalue weighted by Crippen LogP contribution is -2.52. The van der Waals surface area contributed by atoms with Crippen molar-refractivity contribution in [1.29, 1.82) is 0 Å². The molecule has 2 atom stereocenters. The molecule has 3 rings (SSSR count). The monoisotopic (exact) mass is 597 g/mol. The number of carbonyl (C=O) groups is 2. The summed E-state index contributed by atoms with van der Waals surface area (Å²) >= 11 is 0. The van der Waals surface area contributed by atoms with E-state index in [1.165, 1.54) is 28.4 Å². The molecule has 0 bridgehead atoms. The number of carbonyl (C=O) groups excluding carboxylic acids is 2. The molecule has 0 radical (unpaired) electrons. The fraction of sp³-hybridized carbons (Fsp3) is 0.375. The molecule has 0 aliphatic heterocycles. The summed E-state index contributed by atoms with van der Waals surface area (Å²) in [7, 11) is -2.21. The second-order valence-electron chi connectivity index (χ2n) is 10.3. The number of para-hydroxylation sites is 2. The van der Waals surface area contributed by atoms with Gasteiger partial charge in [-0.25, -0.2) is 12.8 Å². The molecule has 0 unspecified atom stereocenters. The number of anilines is 1. The number of hydrogen-bond acceptors (Lipinski definition) is 5. The molecular formula is C32H40FN3O5S. The third-order valence-corrected chi connectivity index (χ3v) is 8.22. The van der Waals surface area contributed by atoms with Crippen LogP contribution >= 0.6 is 0 Å². The minimum Gasteiger partial charge on any atom is -0.495 e. The number of hydrogen-bond donors (Lipinski definition) is 1. The second kappa shape index (κ2) is 15.3. The van der Waals surface area contributed by atoms with Crippen LogP contribution < -0.4 is 14.4 Å². The van der Waals surface area contributed by atoms with Crippen LogP contribution in [0.5, 0.6) is 5.75 Å². The molecule has 3 aromatic rings. The van der Waals surface area contributed by atoms with Crippen molar-refractivity contribution in [3.05, 3.63) is 95.8 Å². The first-order valence-electron chi connectivity index (χ1n) is 14.0. The normalized spacial score (nSPS) is 12.7. The molecule has 2 amide bonds. The molecule has 0 aliphatic rings. The summed E-state index contributed by atoms with van der Waals surface area (Å²) < 4.78 is 45.7. The van der Waals surface area contributed by atoms with Gasteiger partial charge in [0.2, 0.25) is 21.8 Å². The summed E-state index contributed by atoms with van der Waals surface area (Å²) in [6, 6.07) is 21.1. The lowest BCUT2D eigenvalue weighted by molar-refractivity contribution is -0.141. The Morgan fingerprint density at radius 3 is 2.21 bits per heavy atom. The Bertz CT molecular complexity index is 1420. The minimum absolute atomic E-state index is 0.00966. The summed E-state index contributed by atoms with van der Waals surface area (Å²) in [5, 5.41) is 3.01. The van der Waals surface area contributed by atoms with Crippen LogP contribution in [0, 0.1) is 5.82 Å². The molecule has 8 nitrogen and oxygen atoms in total. The van der Waals surface area contributed by atoms with E-state index < -0.39 is 21.9 Å². The van der Waals surface area contributed by atoms with Crippen molar-refractivity contribution in [2.45, 2.75) is 58.2 Å². The van der Waals surface area contributed by atoms with Crippen molar-refractivity contribution in [2.75, 3.05) is 24.2 Å². The Kier molecular flexibility index (Phi) is 11.9. The van der Waals surface area contributed by atoms with Crippen LogP contribution in [0.3, 0.4) is 0 Å². The van der Waals surface area contributed by atoms with E-state index >= 15 is 0 Å². The molecule has 226 valence electrons. The zero-order valence-corrected chi connectivity index (χ0v) is 25.4. The Balaban J connectivity index is 1.90. The van der Waals surface area contributed by atoms with Crippen LogP contribution in [-0.4, -0.2) is 57.1 Å². The Labute approximate surface area is 248 Å². The van der Waals surface area contributed by atoms with E-state index in [0.717, 1.165) is 18.2 Å².